The number of allylic oxidation sites excluding steroid dienone is 4. The molecule has 0 saturated carbocycles. The van der Waals surface area contributed by atoms with Gasteiger partial charge in [0, 0.05) is 19.3 Å². The molecule has 2 heterocycles. The molecule has 0 spiro atoms. The molecule has 0 bridgehead atoms. The number of nitrogens with zero attached hydrogens (tertiary/aromatic N) is 4. The zero-order valence-electron chi connectivity index (χ0n) is 14.4. The molecule has 2 rings (SSSR count). The van der Waals surface area contributed by atoms with Gasteiger partial charge in [-0.1, -0.05) is 12.2 Å². The Kier molecular flexibility index (Phi) is 6.08. The van der Waals surface area contributed by atoms with Crippen LogP contribution in [0.5, 0.6) is 0 Å². The van der Waals surface area contributed by atoms with Gasteiger partial charge in [0.05, 0.1) is 24.4 Å². The second kappa shape index (κ2) is 8.26. The first-order valence-electron chi connectivity index (χ1n) is 7.75. The molecule has 0 aliphatic heterocycles. The first-order valence-corrected chi connectivity index (χ1v) is 7.75. The highest BCUT2D eigenvalue weighted by molar-refractivity contribution is 5.87. The molecule has 2 aromatic heterocycles. The molecule has 0 unspecified atom stereocenters. The van der Waals surface area contributed by atoms with Gasteiger partial charge < -0.3 is 20.4 Å². The molecule has 3 N–H and O–H groups in total. The van der Waals surface area contributed by atoms with Crippen molar-refractivity contribution in [2.75, 3.05) is 24.8 Å². The summed E-state index contributed by atoms with van der Waals surface area (Å²) in [6.07, 6.45) is 7.75. The molecular weight excluding hydrogens is 304 g/mol. The third-order valence-corrected chi connectivity index (χ3v) is 3.44. The molecule has 128 valence electrons. The van der Waals surface area contributed by atoms with Crippen molar-refractivity contribution in [2.24, 2.45) is 4.99 Å². The fraction of sp³-hybridized carbons (Fsp3) is 0.353. The van der Waals surface area contributed by atoms with Crippen LogP contribution < -0.4 is 11.1 Å². The van der Waals surface area contributed by atoms with Crippen LogP contribution in [0.25, 0.3) is 11.0 Å². The first-order chi connectivity index (χ1) is 11.6. The van der Waals surface area contributed by atoms with Gasteiger partial charge in [-0.25, -0.2) is 4.98 Å². The summed E-state index contributed by atoms with van der Waals surface area (Å²) in [5.74, 6) is 0.917. The summed E-state index contributed by atoms with van der Waals surface area (Å²) in [6, 6.07) is 2.00. The second-order valence-corrected chi connectivity index (χ2v) is 5.45. The fourth-order valence-corrected chi connectivity index (χ4v) is 2.42. The second-order valence-electron chi connectivity index (χ2n) is 5.45. The van der Waals surface area contributed by atoms with Crippen LogP contribution in [0.4, 0.5) is 11.8 Å². The molecule has 0 radical (unpaired) electrons. The SMILES string of the molecule is C=N/C(=C\C=C/C)Cn1ccc2nc(N)nc(N[C@@H](C)COC)c21. The highest BCUT2D eigenvalue weighted by Crippen LogP contribution is 2.24. The van der Waals surface area contributed by atoms with E-state index in [0.29, 0.717) is 19.0 Å². The van der Waals surface area contributed by atoms with E-state index >= 15 is 0 Å². The predicted octanol–water partition coefficient (Wildman–Crippen LogP) is 2.62. The van der Waals surface area contributed by atoms with E-state index in [4.69, 9.17) is 10.5 Å². The van der Waals surface area contributed by atoms with Gasteiger partial charge >= 0.3 is 0 Å². The molecule has 24 heavy (non-hydrogen) atoms. The number of nitrogens with two attached hydrogens (primary N) is 1. The van der Waals surface area contributed by atoms with Crippen molar-refractivity contribution < 1.29 is 4.74 Å². The van der Waals surface area contributed by atoms with Crippen LogP contribution in [0.3, 0.4) is 0 Å². The third kappa shape index (κ3) is 4.20. The number of anilines is 2. The Balaban J connectivity index is 2.42. The molecule has 7 nitrogen and oxygen atoms in total. The van der Waals surface area contributed by atoms with E-state index in [2.05, 4.69) is 27.0 Å². The van der Waals surface area contributed by atoms with Gasteiger partial charge in [0.1, 0.15) is 5.52 Å². The normalized spacial score (nSPS) is 13.5. The maximum atomic E-state index is 5.83. The fourth-order valence-electron chi connectivity index (χ4n) is 2.42. The smallest absolute Gasteiger partial charge is 0.222 e. The van der Waals surface area contributed by atoms with Crippen LogP contribution >= 0.6 is 0 Å². The standard InChI is InChI=1S/C17H24N6O/c1-5-6-7-13(19-3)10-23-9-8-14-15(23)16(22-17(18)21-14)20-12(2)11-24-4/h5-9,12H,3,10-11H2,1-2,4H3,(H3,18,20,21,22)/b6-5-,13-7-/t12-/m0/s1. The molecule has 0 aliphatic rings. The van der Waals surface area contributed by atoms with E-state index in [1.807, 2.05) is 48.9 Å². The topological polar surface area (TPSA) is 90.4 Å². The van der Waals surface area contributed by atoms with Crippen molar-refractivity contribution in [3.63, 3.8) is 0 Å². The molecule has 0 saturated heterocycles. The van der Waals surface area contributed by atoms with Crippen molar-refractivity contribution in [2.45, 2.75) is 26.4 Å². The number of aromatic nitrogens is 3. The molecular formula is C17H24N6O. The summed E-state index contributed by atoms with van der Waals surface area (Å²) >= 11 is 0. The molecule has 2 aromatic rings. The summed E-state index contributed by atoms with van der Waals surface area (Å²) < 4.78 is 7.20. The van der Waals surface area contributed by atoms with Crippen molar-refractivity contribution >= 4 is 29.5 Å². The summed E-state index contributed by atoms with van der Waals surface area (Å²) in [5, 5.41) is 3.33. The van der Waals surface area contributed by atoms with Crippen molar-refractivity contribution in [3.05, 3.63) is 36.2 Å². The number of aliphatic imine (C=N–C) groups is 1. The minimum Gasteiger partial charge on any atom is -0.383 e. The summed E-state index contributed by atoms with van der Waals surface area (Å²) in [6.45, 7) is 8.74. The number of methoxy groups -OCH3 is 1. The van der Waals surface area contributed by atoms with Crippen molar-refractivity contribution in [1.82, 2.24) is 14.5 Å². The maximum Gasteiger partial charge on any atom is 0.222 e. The van der Waals surface area contributed by atoms with Gasteiger partial charge in [0.2, 0.25) is 5.95 Å². The Hall–Kier alpha value is -2.67. The largest absolute Gasteiger partial charge is 0.383 e. The first kappa shape index (κ1) is 17.7. The Bertz CT molecular complexity index is 762. The Morgan fingerprint density at radius 2 is 2.33 bits per heavy atom. The number of hydrogen-bond donors (Lipinski definition) is 2. The summed E-state index contributed by atoms with van der Waals surface area (Å²) in [7, 11) is 1.67. The average Bonchev–Trinajstić information content (AvgIpc) is 2.94. The molecule has 7 heteroatoms. The van der Waals surface area contributed by atoms with Crippen molar-refractivity contribution in [1.29, 1.82) is 0 Å². The highest BCUT2D eigenvalue weighted by atomic mass is 16.5. The third-order valence-electron chi connectivity index (χ3n) is 3.44. The molecule has 1 atom stereocenters. The number of rotatable bonds is 8. The van der Waals surface area contributed by atoms with E-state index in [-0.39, 0.29) is 12.0 Å². The lowest BCUT2D eigenvalue weighted by Crippen LogP contribution is -2.22. The van der Waals surface area contributed by atoms with E-state index < -0.39 is 0 Å². The lowest BCUT2D eigenvalue weighted by molar-refractivity contribution is 0.190. The zero-order valence-corrected chi connectivity index (χ0v) is 14.4. The predicted molar refractivity (Wildman–Crippen MR) is 99.3 cm³/mol. The molecule has 0 fully saturated rings. The van der Waals surface area contributed by atoms with Crippen LogP contribution in [0.15, 0.2) is 41.2 Å². The van der Waals surface area contributed by atoms with Crippen LogP contribution in [0.2, 0.25) is 0 Å². The number of fused-ring (bicyclic) bond motifs is 1. The van der Waals surface area contributed by atoms with Gasteiger partial charge in [-0.2, -0.15) is 4.98 Å². The van der Waals surface area contributed by atoms with Gasteiger partial charge in [0.25, 0.3) is 0 Å². The number of ether oxygens (including phenoxy) is 1. The van der Waals surface area contributed by atoms with E-state index in [9.17, 15) is 0 Å². The number of nitrogen functional groups attached to an aromatic ring is 1. The number of hydrogen-bond acceptors (Lipinski definition) is 6. The van der Waals surface area contributed by atoms with Crippen molar-refractivity contribution in [3.8, 4) is 0 Å². The monoisotopic (exact) mass is 328 g/mol. The lowest BCUT2D eigenvalue weighted by atomic mass is 10.3. The average molecular weight is 328 g/mol. The Morgan fingerprint density at radius 3 is 3.00 bits per heavy atom. The van der Waals surface area contributed by atoms with E-state index in [0.717, 1.165) is 16.7 Å². The van der Waals surface area contributed by atoms with Gasteiger partial charge in [-0.3, -0.25) is 4.99 Å². The number of nitrogens with one attached hydrogen (secondary N) is 1. The van der Waals surface area contributed by atoms with Crippen LogP contribution in [-0.4, -0.2) is 41.0 Å². The highest BCUT2D eigenvalue weighted by Gasteiger charge is 2.14. The van der Waals surface area contributed by atoms with E-state index in [1.54, 1.807) is 7.11 Å². The minimum atomic E-state index is 0.0893. The zero-order chi connectivity index (χ0) is 17.5. The van der Waals surface area contributed by atoms with Crippen LogP contribution in [-0.2, 0) is 11.3 Å². The Labute approximate surface area is 142 Å². The maximum absolute atomic E-state index is 5.83. The molecule has 0 aromatic carbocycles. The lowest BCUT2D eigenvalue weighted by Gasteiger charge is -2.16. The summed E-state index contributed by atoms with van der Waals surface area (Å²) in [5.41, 5.74) is 8.33. The molecule has 0 amide bonds. The summed E-state index contributed by atoms with van der Waals surface area (Å²) in [4.78, 5) is 12.7. The minimum absolute atomic E-state index is 0.0893. The van der Waals surface area contributed by atoms with Gasteiger partial charge in [-0.15, -0.1) is 0 Å². The van der Waals surface area contributed by atoms with E-state index in [1.165, 1.54) is 0 Å². The van der Waals surface area contributed by atoms with Gasteiger partial charge in [0.15, 0.2) is 5.82 Å². The Morgan fingerprint density at radius 1 is 1.54 bits per heavy atom. The molecule has 0 aliphatic carbocycles. The van der Waals surface area contributed by atoms with Crippen LogP contribution in [0.1, 0.15) is 13.8 Å². The van der Waals surface area contributed by atoms with Gasteiger partial charge in [-0.05, 0) is 32.7 Å². The van der Waals surface area contributed by atoms with Crippen LogP contribution in [0, 0.1) is 0 Å². The quantitative estimate of drug-likeness (QED) is 0.574.